The normalized spacial score (nSPS) is 20.5. The largest absolute Gasteiger partial charge is 0.357 e. The molecule has 2 rings (SSSR count). The van der Waals surface area contributed by atoms with E-state index in [9.17, 15) is 9.59 Å². The van der Waals surface area contributed by atoms with Gasteiger partial charge in [0.1, 0.15) is 12.3 Å². The van der Waals surface area contributed by atoms with E-state index in [0.717, 1.165) is 17.7 Å². The van der Waals surface area contributed by atoms with E-state index in [1.165, 1.54) is 0 Å². The Balaban J connectivity index is 2.35. The molecular formula is C13H16N2O2. The molecule has 1 aromatic rings. The molecule has 0 spiro atoms. The first kappa shape index (κ1) is 11.6. The van der Waals surface area contributed by atoms with Crippen molar-refractivity contribution in [2.24, 2.45) is 5.92 Å². The van der Waals surface area contributed by atoms with Gasteiger partial charge in [0.15, 0.2) is 0 Å². The molecule has 0 bridgehead atoms. The molecule has 0 aliphatic carbocycles. The first-order valence-corrected chi connectivity index (χ1v) is 5.75. The molecule has 17 heavy (non-hydrogen) atoms. The number of para-hydroxylation sites is 2. The molecule has 90 valence electrons. The summed E-state index contributed by atoms with van der Waals surface area (Å²) in [4.78, 5) is 24.5. The first-order valence-electron chi connectivity index (χ1n) is 5.75. The molecule has 0 aromatic heterocycles. The zero-order valence-corrected chi connectivity index (χ0v) is 10.0. The Labute approximate surface area is 101 Å². The summed E-state index contributed by atoms with van der Waals surface area (Å²) in [6.07, 6.45) is 0.918. The molecule has 1 aliphatic rings. The second kappa shape index (κ2) is 4.57. The fourth-order valence-electron chi connectivity index (χ4n) is 2.03. The molecule has 1 aromatic carbocycles. The minimum Gasteiger partial charge on any atom is -0.357 e. The van der Waals surface area contributed by atoms with Crippen molar-refractivity contribution >= 4 is 23.6 Å². The van der Waals surface area contributed by atoms with E-state index in [1.807, 2.05) is 43.0 Å². The smallest absolute Gasteiger partial charge is 0.246 e. The number of nitrogens with zero attached hydrogens (tertiary/aromatic N) is 1. The summed E-state index contributed by atoms with van der Waals surface area (Å²) in [5.41, 5.74) is 1.79. The third-order valence-corrected chi connectivity index (χ3v) is 3.04. The lowest BCUT2D eigenvalue weighted by Gasteiger charge is -2.37. The average Bonchev–Trinajstić information content (AvgIpc) is 2.34. The minimum atomic E-state index is -0.243. The summed E-state index contributed by atoms with van der Waals surface area (Å²) in [5, 5.41) is 2.86. The zero-order chi connectivity index (χ0) is 12.4. The summed E-state index contributed by atoms with van der Waals surface area (Å²) in [7, 11) is 0. The lowest BCUT2D eigenvalue weighted by Crippen LogP contribution is -2.48. The van der Waals surface area contributed by atoms with Gasteiger partial charge in [-0.1, -0.05) is 19.1 Å². The lowest BCUT2D eigenvalue weighted by molar-refractivity contribution is -0.117. The Morgan fingerprint density at radius 2 is 2.18 bits per heavy atom. The van der Waals surface area contributed by atoms with Crippen LogP contribution in [0, 0.1) is 5.92 Å². The summed E-state index contributed by atoms with van der Waals surface area (Å²) < 4.78 is 0. The van der Waals surface area contributed by atoms with Crippen LogP contribution in [-0.4, -0.2) is 24.8 Å². The van der Waals surface area contributed by atoms with Gasteiger partial charge in [-0.3, -0.25) is 4.79 Å². The van der Waals surface area contributed by atoms with E-state index >= 15 is 0 Å². The van der Waals surface area contributed by atoms with Crippen LogP contribution in [0.3, 0.4) is 0 Å². The van der Waals surface area contributed by atoms with Crippen LogP contribution in [0.5, 0.6) is 0 Å². The van der Waals surface area contributed by atoms with E-state index in [2.05, 4.69) is 5.32 Å². The molecule has 2 atom stereocenters. The third-order valence-electron chi connectivity index (χ3n) is 3.04. The molecule has 0 radical (unpaired) electrons. The third kappa shape index (κ3) is 2.16. The van der Waals surface area contributed by atoms with Gasteiger partial charge in [-0.05, 0) is 19.1 Å². The molecule has 4 nitrogen and oxygen atoms in total. The van der Waals surface area contributed by atoms with Crippen molar-refractivity contribution in [3.8, 4) is 0 Å². The van der Waals surface area contributed by atoms with E-state index in [0.29, 0.717) is 6.54 Å². The zero-order valence-electron chi connectivity index (χ0n) is 10.0. The van der Waals surface area contributed by atoms with Crippen LogP contribution in [-0.2, 0) is 9.59 Å². The van der Waals surface area contributed by atoms with E-state index < -0.39 is 0 Å². The van der Waals surface area contributed by atoms with Crippen molar-refractivity contribution in [1.29, 1.82) is 0 Å². The molecule has 1 amide bonds. The van der Waals surface area contributed by atoms with Gasteiger partial charge in [-0.25, -0.2) is 0 Å². The Hall–Kier alpha value is -1.84. The standard InChI is InChI=1S/C13H16N2O2/c1-9(8-16)7-15-10(2)13(17)14-11-5-3-4-6-12(11)15/h3-6,8-10H,7H2,1-2H3,(H,14,17). The van der Waals surface area contributed by atoms with Crippen molar-refractivity contribution in [3.63, 3.8) is 0 Å². The predicted octanol–water partition coefficient (Wildman–Crippen LogP) is 1.67. The van der Waals surface area contributed by atoms with Crippen molar-refractivity contribution in [2.75, 3.05) is 16.8 Å². The highest BCUT2D eigenvalue weighted by molar-refractivity contribution is 6.03. The molecule has 4 heteroatoms. The van der Waals surface area contributed by atoms with Crippen LogP contribution in [0.15, 0.2) is 24.3 Å². The van der Waals surface area contributed by atoms with E-state index in [-0.39, 0.29) is 17.9 Å². The number of rotatable bonds is 3. The van der Waals surface area contributed by atoms with Crippen molar-refractivity contribution in [3.05, 3.63) is 24.3 Å². The van der Waals surface area contributed by atoms with Gasteiger partial charge >= 0.3 is 0 Å². The van der Waals surface area contributed by atoms with Gasteiger partial charge < -0.3 is 15.0 Å². The number of hydrogen-bond acceptors (Lipinski definition) is 3. The molecule has 2 unspecified atom stereocenters. The maximum absolute atomic E-state index is 11.8. The second-order valence-corrected chi connectivity index (χ2v) is 4.45. The van der Waals surface area contributed by atoms with E-state index in [1.54, 1.807) is 0 Å². The summed E-state index contributed by atoms with van der Waals surface area (Å²) >= 11 is 0. The molecule has 1 aliphatic heterocycles. The van der Waals surface area contributed by atoms with Crippen molar-refractivity contribution < 1.29 is 9.59 Å². The Morgan fingerprint density at radius 3 is 2.88 bits per heavy atom. The van der Waals surface area contributed by atoms with Gasteiger partial charge in [0.05, 0.1) is 11.4 Å². The van der Waals surface area contributed by atoms with Gasteiger partial charge in [0, 0.05) is 12.5 Å². The predicted molar refractivity (Wildman–Crippen MR) is 67.1 cm³/mol. The number of nitrogens with one attached hydrogen (secondary N) is 1. The molecular weight excluding hydrogens is 216 g/mol. The lowest BCUT2D eigenvalue weighted by atomic mass is 10.1. The van der Waals surface area contributed by atoms with Crippen LogP contribution in [0.2, 0.25) is 0 Å². The topological polar surface area (TPSA) is 49.4 Å². The number of hydrogen-bond donors (Lipinski definition) is 1. The average molecular weight is 232 g/mol. The Kier molecular flexibility index (Phi) is 3.13. The highest BCUT2D eigenvalue weighted by Crippen LogP contribution is 2.31. The van der Waals surface area contributed by atoms with Gasteiger partial charge in [0.25, 0.3) is 0 Å². The molecule has 0 saturated carbocycles. The Bertz CT molecular complexity index is 445. The summed E-state index contributed by atoms with van der Waals surface area (Å²) in [6, 6.07) is 7.41. The van der Waals surface area contributed by atoms with E-state index in [4.69, 9.17) is 0 Å². The monoisotopic (exact) mass is 232 g/mol. The second-order valence-electron chi connectivity index (χ2n) is 4.45. The fourth-order valence-corrected chi connectivity index (χ4v) is 2.03. The van der Waals surface area contributed by atoms with Crippen LogP contribution in [0.1, 0.15) is 13.8 Å². The van der Waals surface area contributed by atoms with Crippen molar-refractivity contribution in [1.82, 2.24) is 0 Å². The Morgan fingerprint density at radius 1 is 1.47 bits per heavy atom. The molecule has 0 saturated heterocycles. The number of fused-ring (bicyclic) bond motifs is 1. The first-order chi connectivity index (χ1) is 8.13. The fraction of sp³-hybridized carbons (Fsp3) is 0.385. The molecule has 1 heterocycles. The highest BCUT2D eigenvalue weighted by Gasteiger charge is 2.29. The van der Waals surface area contributed by atoms with Gasteiger partial charge in [-0.2, -0.15) is 0 Å². The maximum Gasteiger partial charge on any atom is 0.246 e. The molecule has 1 N–H and O–H groups in total. The summed E-state index contributed by atoms with van der Waals surface area (Å²) in [6.45, 7) is 4.27. The van der Waals surface area contributed by atoms with Gasteiger partial charge in [-0.15, -0.1) is 0 Å². The quantitative estimate of drug-likeness (QED) is 0.806. The minimum absolute atomic E-state index is 0.0261. The SMILES string of the molecule is CC(C=O)CN1c2ccccc2NC(=O)C1C. The number of carbonyl (C=O) groups excluding carboxylic acids is 2. The molecule has 0 fully saturated rings. The number of benzene rings is 1. The maximum atomic E-state index is 11.8. The van der Waals surface area contributed by atoms with Crippen LogP contribution in [0.25, 0.3) is 0 Å². The number of aldehydes is 1. The van der Waals surface area contributed by atoms with Crippen LogP contribution < -0.4 is 10.2 Å². The summed E-state index contributed by atoms with van der Waals surface area (Å²) in [5.74, 6) is -0.113. The number of amides is 1. The van der Waals surface area contributed by atoms with Crippen LogP contribution >= 0.6 is 0 Å². The number of carbonyl (C=O) groups is 2. The highest BCUT2D eigenvalue weighted by atomic mass is 16.2. The number of anilines is 2. The van der Waals surface area contributed by atoms with Crippen molar-refractivity contribution in [2.45, 2.75) is 19.9 Å². The van der Waals surface area contributed by atoms with Crippen LogP contribution in [0.4, 0.5) is 11.4 Å². The van der Waals surface area contributed by atoms with Gasteiger partial charge in [0.2, 0.25) is 5.91 Å².